The molecule has 6 nitrogen and oxygen atoms in total. The van der Waals surface area contributed by atoms with E-state index in [1.165, 1.54) is 11.1 Å². The number of rotatable bonds is 5. The lowest BCUT2D eigenvalue weighted by molar-refractivity contribution is 0.0711. The zero-order chi connectivity index (χ0) is 22.8. The van der Waals surface area contributed by atoms with Crippen LogP contribution in [-0.4, -0.2) is 36.0 Å². The summed E-state index contributed by atoms with van der Waals surface area (Å²) in [5.41, 5.74) is 3.50. The highest BCUT2D eigenvalue weighted by molar-refractivity contribution is 6.31. The summed E-state index contributed by atoms with van der Waals surface area (Å²) in [6.07, 6.45) is 0.404. The molecule has 0 saturated carbocycles. The van der Waals surface area contributed by atoms with Crippen molar-refractivity contribution in [1.82, 2.24) is 5.01 Å². The molecule has 0 spiro atoms. The number of hydrogen-bond acceptors (Lipinski definition) is 5. The molecular weight excluding hydrogens is 428 g/mol. The minimum atomic E-state index is -0.392. The molecule has 0 aliphatic carbocycles. The number of aromatic hydroxyl groups is 1. The third-order valence-electron chi connectivity index (χ3n) is 5.48. The van der Waals surface area contributed by atoms with Crippen LogP contribution in [0.5, 0.6) is 17.2 Å². The van der Waals surface area contributed by atoms with Crippen molar-refractivity contribution in [2.24, 2.45) is 5.10 Å². The Kier molecular flexibility index (Phi) is 6.06. The molecule has 1 aliphatic heterocycles. The topological polar surface area (TPSA) is 71.4 Å². The number of phenolic OH excluding ortho intramolecular Hbond substituents is 1. The second kappa shape index (κ2) is 8.93. The number of methoxy groups -OCH3 is 2. The molecular formula is C25H23ClN2O4. The maximum atomic E-state index is 13.4. The Morgan fingerprint density at radius 2 is 1.75 bits per heavy atom. The van der Waals surface area contributed by atoms with E-state index >= 15 is 0 Å². The summed E-state index contributed by atoms with van der Waals surface area (Å²) >= 11 is 6.15. The van der Waals surface area contributed by atoms with Crippen LogP contribution in [-0.2, 0) is 0 Å². The highest BCUT2D eigenvalue weighted by Crippen LogP contribution is 2.39. The van der Waals surface area contributed by atoms with Crippen LogP contribution in [0.2, 0.25) is 5.02 Å². The third kappa shape index (κ3) is 4.14. The van der Waals surface area contributed by atoms with Crippen molar-refractivity contribution < 1.29 is 19.4 Å². The number of carbonyl (C=O) groups excluding carboxylic acids is 1. The summed E-state index contributed by atoms with van der Waals surface area (Å²) in [7, 11) is 3.14. The van der Waals surface area contributed by atoms with E-state index in [0.717, 1.165) is 11.1 Å². The van der Waals surface area contributed by atoms with Crippen LogP contribution in [0.1, 0.15) is 39.5 Å². The van der Waals surface area contributed by atoms with Crippen LogP contribution in [0.4, 0.5) is 0 Å². The average Bonchev–Trinajstić information content (AvgIpc) is 3.25. The molecule has 0 bridgehead atoms. The highest BCUT2D eigenvalue weighted by Gasteiger charge is 2.35. The predicted molar refractivity (Wildman–Crippen MR) is 124 cm³/mol. The Hall–Kier alpha value is -3.51. The summed E-state index contributed by atoms with van der Waals surface area (Å²) in [4.78, 5) is 13.4. The van der Waals surface area contributed by atoms with E-state index in [4.69, 9.17) is 21.1 Å². The molecule has 164 valence electrons. The van der Waals surface area contributed by atoms with E-state index in [-0.39, 0.29) is 11.7 Å². The van der Waals surface area contributed by atoms with Gasteiger partial charge in [0, 0.05) is 22.6 Å². The number of benzene rings is 3. The van der Waals surface area contributed by atoms with Gasteiger partial charge in [0.15, 0.2) is 11.5 Å². The fourth-order valence-corrected chi connectivity index (χ4v) is 3.92. The van der Waals surface area contributed by atoms with Gasteiger partial charge in [0.1, 0.15) is 5.75 Å². The first-order valence-corrected chi connectivity index (χ1v) is 10.5. The van der Waals surface area contributed by atoms with Gasteiger partial charge in [-0.25, -0.2) is 5.01 Å². The second-order valence-corrected chi connectivity index (χ2v) is 7.99. The molecule has 1 aliphatic rings. The maximum absolute atomic E-state index is 13.4. The van der Waals surface area contributed by atoms with Crippen LogP contribution in [0.3, 0.4) is 0 Å². The van der Waals surface area contributed by atoms with Crippen LogP contribution < -0.4 is 9.47 Å². The fourth-order valence-electron chi connectivity index (χ4n) is 3.75. The zero-order valence-corrected chi connectivity index (χ0v) is 18.8. The van der Waals surface area contributed by atoms with E-state index in [0.29, 0.717) is 39.8 Å². The molecule has 32 heavy (non-hydrogen) atoms. The largest absolute Gasteiger partial charge is 0.507 e. The first-order valence-electron chi connectivity index (χ1n) is 10.1. The average molecular weight is 451 g/mol. The van der Waals surface area contributed by atoms with E-state index in [1.54, 1.807) is 44.6 Å². The maximum Gasteiger partial charge on any atom is 0.274 e. The third-order valence-corrected chi connectivity index (χ3v) is 5.71. The molecule has 4 rings (SSSR count). The van der Waals surface area contributed by atoms with Gasteiger partial charge in [0.25, 0.3) is 5.91 Å². The molecule has 0 aromatic heterocycles. The number of aryl methyl sites for hydroxylation is 1. The minimum absolute atomic E-state index is 0.0591. The van der Waals surface area contributed by atoms with Crippen LogP contribution in [0, 0.1) is 6.92 Å². The van der Waals surface area contributed by atoms with E-state index in [9.17, 15) is 9.90 Å². The Balaban J connectivity index is 1.78. The quantitative estimate of drug-likeness (QED) is 0.567. The highest BCUT2D eigenvalue weighted by atomic mass is 35.5. The molecule has 7 heteroatoms. The van der Waals surface area contributed by atoms with E-state index < -0.39 is 6.04 Å². The first kappa shape index (κ1) is 21.7. The van der Waals surface area contributed by atoms with Crippen molar-refractivity contribution in [1.29, 1.82) is 0 Å². The predicted octanol–water partition coefficient (Wildman–Crippen LogP) is 5.36. The summed E-state index contributed by atoms with van der Waals surface area (Å²) < 4.78 is 10.8. The first-order chi connectivity index (χ1) is 15.4. The smallest absolute Gasteiger partial charge is 0.274 e. The molecule has 1 heterocycles. The monoisotopic (exact) mass is 450 g/mol. The van der Waals surface area contributed by atoms with Gasteiger partial charge >= 0.3 is 0 Å². The summed E-state index contributed by atoms with van der Waals surface area (Å²) in [6.45, 7) is 1.97. The summed E-state index contributed by atoms with van der Waals surface area (Å²) in [5, 5.41) is 17.0. The molecule has 0 fully saturated rings. The minimum Gasteiger partial charge on any atom is -0.507 e. The molecule has 1 unspecified atom stereocenters. The number of amides is 1. The van der Waals surface area contributed by atoms with Crippen molar-refractivity contribution in [2.75, 3.05) is 14.2 Å². The van der Waals surface area contributed by atoms with Crippen molar-refractivity contribution in [2.45, 2.75) is 19.4 Å². The number of nitrogens with zero attached hydrogens (tertiary/aromatic N) is 2. The lowest BCUT2D eigenvalue weighted by Gasteiger charge is -2.23. The van der Waals surface area contributed by atoms with E-state index in [2.05, 4.69) is 5.10 Å². The number of carbonyl (C=O) groups is 1. The van der Waals surface area contributed by atoms with Gasteiger partial charge in [0.05, 0.1) is 26.0 Å². The summed E-state index contributed by atoms with van der Waals surface area (Å²) in [5.74, 6) is 0.983. The van der Waals surface area contributed by atoms with Gasteiger partial charge in [-0.1, -0.05) is 35.4 Å². The normalized spacial score (nSPS) is 15.4. The van der Waals surface area contributed by atoms with E-state index in [1.807, 2.05) is 31.2 Å². The lowest BCUT2D eigenvalue weighted by atomic mass is 9.97. The number of halogens is 1. The van der Waals surface area contributed by atoms with Gasteiger partial charge in [-0.05, 0) is 55.0 Å². The number of ether oxygens (including phenoxy) is 2. The van der Waals surface area contributed by atoms with Crippen molar-refractivity contribution >= 4 is 23.2 Å². The SMILES string of the molecule is COc1ccc(C2CC(c3cc(Cl)ccc3O)=NN2C(=O)c2ccc(C)cc2)cc1OC. The number of phenols is 1. The van der Waals surface area contributed by atoms with Crippen molar-refractivity contribution in [3.05, 3.63) is 87.9 Å². The number of hydrogen-bond donors (Lipinski definition) is 1. The molecule has 0 saturated heterocycles. The van der Waals surface area contributed by atoms with Gasteiger partial charge in [0.2, 0.25) is 0 Å². The Morgan fingerprint density at radius 3 is 2.44 bits per heavy atom. The molecule has 1 atom stereocenters. The van der Waals surface area contributed by atoms with Gasteiger partial charge in [-0.2, -0.15) is 5.10 Å². The summed E-state index contributed by atoms with van der Waals surface area (Å²) in [6, 6.07) is 17.3. The molecule has 1 amide bonds. The molecule has 3 aromatic rings. The molecule has 1 N–H and O–H groups in total. The standard InChI is InChI=1S/C25H23ClN2O4/c1-15-4-6-16(7-5-15)25(30)28-21(17-8-11-23(31-2)24(12-17)32-3)14-20(27-28)19-13-18(26)9-10-22(19)29/h4-13,21,29H,14H2,1-3H3. The van der Waals surface area contributed by atoms with Crippen molar-refractivity contribution in [3.63, 3.8) is 0 Å². The fraction of sp³-hybridized carbons (Fsp3) is 0.200. The second-order valence-electron chi connectivity index (χ2n) is 7.56. The Labute approximate surface area is 191 Å². The lowest BCUT2D eigenvalue weighted by Crippen LogP contribution is -2.27. The van der Waals surface area contributed by atoms with Gasteiger partial charge in [-0.15, -0.1) is 0 Å². The Bertz CT molecular complexity index is 1190. The van der Waals surface area contributed by atoms with Crippen molar-refractivity contribution in [3.8, 4) is 17.2 Å². The molecule has 0 radical (unpaired) electrons. The van der Waals surface area contributed by atoms with Crippen LogP contribution >= 0.6 is 11.6 Å². The Morgan fingerprint density at radius 1 is 1.03 bits per heavy atom. The molecule has 3 aromatic carbocycles. The zero-order valence-electron chi connectivity index (χ0n) is 18.0. The van der Waals surface area contributed by atoms with Gasteiger partial charge in [-0.3, -0.25) is 4.79 Å². The van der Waals surface area contributed by atoms with Gasteiger partial charge < -0.3 is 14.6 Å². The van der Waals surface area contributed by atoms with Crippen LogP contribution in [0.15, 0.2) is 65.8 Å². The number of hydrazone groups is 1. The van der Waals surface area contributed by atoms with Crippen LogP contribution in [0.25, 0.3) is 0 Å².